The SMILES string of the molecule is COCCCN1C(=O)C(=O)/C(=C(\O)c2ccncc2)C1c1ccc(OC)c(O)c1. The predicted molar refractivity (Wildman–Crippen MR) is 104 cm³/mol. The molecule has 1 aromatic carbocycles. The minimum Gasteiger partial charge on any atom is -0.507 e. The molecule has 3 rings (SSSR count). The molecule has 1 aliphatic rings. The van der Waals surface area contributed by atoms with E-state index in [1.165, 1.54) is 30.5 Å². The minimum atomic E-state index is -0.850. The molecule has 0 radical (unpaired) electrons. The van der Waals surface area contributed by atoms with Gasteiger partial charge >= 0.3 is 0 Å². The van der Waals surface area contributed by atoms with Crippen LogP contribution in [0.25, 0.3) is 5.76 Å². The molecule has 1 saturated heterocycles. The molecule has 8 heteroatoms. The van der Waals surface area contributed by atoms with Crippen molar-refractivity contribution in [3.05, 3.63) is 59.4 Å². The first-order valence-electron chi connectivity index (χ1n) is 9.04. The molecule has 2 aromatic rings. The van der Waals surface area contributed by atoms with Crippen LogP contribution in [0.1, 0.15) is 23.6 Å². The number of carbonyl (C=O) groups is 2. The molecular formula is C21H22N2O6. The number of nitrogens with zero attached hydrogens (tertiary/aromatic N) is 2. The number of phenols is 1. The maximum atomic E-state index is 12.8. The molecule has 0 spiro atoms. The van der Waals surface area contributed by atoms with Gasteiger partial charge < -0.3 is 24.6 Å². The summed E-state index contributed by atoms with van der Waals surface area (Å²) >= 11 is 0. The van der Waals surface area contributed by atoms with Gasteiger partial charge in [0.15, 0.2) is 11.5 Å². The van der Waals surface area contributed by atoms with Gasteiger partial charge in [0.2, 0.25) is 0 Å². The molecule has 29 heavy (non-hydrogen) atoms. The number of rotatable bonds is 7. The number of carbonyl (C=O) groups excluding carboxylic acids is 2. The Kier molecular flexibility index (Phi) is 6.13. The number of benzene rings is 1. The number of aliphatic hydroxyl groups is 1. The number of phenolic OH excluding ortho intramolecular Hbond substituents is 1. The Morgan fingerprint density at radius 2 is 1.90 bits per heavy atom. The van der Waals surface area contributed by atoms with Gasteiger partial charge in [-0.1, -0.05) is 6.07 Å². The van der Waals surface area contributed by atoms with Gasteiger partial charge in [0, 0.05) is 38.2 Å². The molecular weight excluding hydrogens is 376 g/mol. The number of Topliss-reactive ketones (excluding diaryl/α,β-unsaturated/α-hetero) is 1. The number of hydrogen-bond donors (Lipinski definition) is 2. The third kappa shape index (κ3) is 3.93. The lowest BCUT2D eigenvalue weighted by Gasteiger charge is -2.25. The first kappa shape index (κ1) is 20.3. The van der Waals surface area contributed by atoms with Gasteiger partial charge in [0.05, 0.1) is 18.7 Å². The fourth-order valence-corrected chi connectivity index (χ4v) is 3.38. The van der Waals surface area contributed by atoms with Crippen molar-refractivity contribution in [3.8, 4) is 11.5 Å². The van der Waals surface area contributed by atoms with Crippen molar-refractivity contribution < 1.29 is 29.3 Å². The minimum absolute atomic E-state index is 0.0387. The maximum absolute atomic E-state index is 12.8. The maximum Gasteiger partial charge on any atom is 0.295 e. The van der Waals surface area contributed by atoms with Crippen LogP contribution in [0.15, 0.2) is 48.3 Å². The van der Waals surface area contributed by atoms with E-state index in [1.807, 2.05) is 0 Å². The van der Waals surface area contributed by atoms with Crippen molar-refractivity contribution in [2.24, 2.45) is 0 Å². The van der Waals surface area contributed by atoms with Crippen LogP contribution < -0.4 is 4.74 Å². The van der Waals surface area contributed by atoms with Crippen molar-refractivity contribution >= 4 is 17.4 Å². The van der Waals surface area contributed by atoms with Gasteiger partial charge in [-0.3, -0.25) is 14.6 Å². The van der Waals surface area contributed by atoms with Crippen LogP contribution in [0.5, 0.6) is 11.5 Å². The molecule has 1 amide bonds. The normalized spacial score (nSPS) is 18.3. The number of aromatic nitrogens is 1. The second kappa shape index (κ2) is 8.74. The summed E-state index contributed by atoms with van der Waals surface area (Å²) in [6, 6.07) is 6.88. The second-order valence-corrected chi connectivity index (χ2v) is 6.51. The number of ketones is 1. The van der Waals surface area contributed by atoms with Crippen LogP contribution in [0, 0.1) is 0 Å². The Morgan fingerprint density at radius 1 is 1.17 bits per heavy atom. The zero-order valence-electron chi connectivity index (χ0n) is 16.2. The Balaban J connectivity index is 2.13. The average Bonchev–Trinajstić information content (AvgIpc) is 2.99. The summed E-state index contributed by atoms with van der Waals surface area (Å²) in [4.78, 5) is 30.8. The number of aromatic hydroxyl groups is 1. The second-order valence-electron chi connectivity index (χ2n) is 6.51. The number of pyridine rings is 1. The fourth-order valence-electron chi connectivity index (χ4n) is 3.38. The van der Waals surface area contributed by atoms with Gasteiger partial charge in [-0.25, -0.2) is 0 Å². The van der Waals surface area contributed by atoms with E-state index in [0.29, 0.717) is 24.2 Å². The van der Waals surface area contributed by atoms with Gasteiger partial charge in [-0.15, -0.1) is 0 Å². The Labute approximate surface area is 168 Å². The van der Waals surface area contributed by atoms with Crippen LogP contribution >= 0.6 is 0 Å². The zero-order chi connectivity index (χ0) is 21.0. The number of ether oxygens (including phenoxy) is 2. The lowest BCUT2D eigenvalue weighted by Crippen LogP contribution is -2.31. The van der Waals surface area contributed by atoms with Gasteiger partial charge in [-0.05, 0) is 36.2 Å². The van der Waals surface area contributed by atoms with Crippen molar-refractivity contribution in [2.45, 2.75) is 12.5 Å². The summed E-state index contributed by atoms with van der Waals surface area (Å²) in [6.45, 7) is 0.664. The van der Waals surface area contributed by atoms with E-state index in [2.05, 4.69) is 4.98 Å². The highest BCUT2D eigenvalue weighted by atomic mass is 16.5. The molecule has 1 atom stereocenters. The first-order chi connectivity index (χ1) is 14.0. The summed E-state index contributed by atoms with van der Waals surface area (Å²) in [7, 11) is 2.98. The molecule has 8 nitrogen and oxygen atoms in total. The van der Waals surface area contributed by atoms with E-state index in [1.54, 1.807) is 31.4 Å². The molecule has 0 aliphatic carbocycles. The molecule has 1 unspecified atom stereocenters. The predicted octanol–water partition coefficient (Wildman–Crippen LogP) is 2.25. The van der Waals surface area contributed by atoms with Crippen LogP contribution in [0.2, 0.25) is 0 Å². The molecule has 2 heterocycles. The average molecular weight is 398 g/mol. The topological polar surface area (TPSA) is 109 Å². The molecule has 1 aromatic heterocycles. The van der Waals surface area contributed by atoms with Crippen LogP contribution in [0.4, 0.5) is 0 Å². The Morgan fingerprint density at radius 3 is 2.52 bits per heavy atom. The van der Waals surface area contributed by atoms with Gasteiger partial charge in [0.1, 0.15) is 5.76 Å². The summed E-state index contributed by atoms with van der Waals surface area (Å²) in [5.74, 6) is -1.65. The number of aliphatic hydroxyl groups excluding tert-OH is 1. The Bertz CT molecular complexity index is 941. The van der Waals surface area contributed by atoms with E-state index in [-0.39, 0.29) is 29.4 Å². The largest absolute Gasteiger partial charge is 0.507 e. The molecule has 2 N–H and O–H groups in total. The monoisotopic (exact) mass is 398 g/mol. The standard InChI is InChI=1S/C21H22N2O6/c1-28-11-3-10-23-18(14-4-5-16(29-2)15(24)12-14)17(20(26)21(23)27)19(25)13-6-8-22-9-7-13/h4-9,12,18,24-25H,3,10-11H2,1-2H3/b19-17-. The number of amides is 1. The summed E-state index contributed by atoms with van der Waals surface area (Å²) in [5.41, 5.74) is 0.816. The third-order valence-electron chi connectivity index (χ3n) is 4.76. The summed E-state index contributed by atoms with van der Waals surface area (Å²) in [5, 5.41) is 21.0. The van der Waals surface area contributed by atoms with Crippen LogP contribution in [-0.2, 0) is 14.3 Å². The highest BCUT2D eigenvalue weighted by Gasteiger charge is 2.46. The zero-order valence-corrected chi connectivity index (χ0v) is 16.2. The van der Waals surface area contributed by atoms with Crippen molar-refractivity contribution in [1.82, 2.24) is 9.88 Å². The quantitative estimate of drug-likeness (QED) is 0.319. The molecule has 1 fully saturated rings. The molecule has 0 saturated carbocycles. The first-order valence-corrected chi connectivity index (χ1v) is 9.04. The lowest BCUT2D eigenvalue weighted by atomic mass is 9.95. The summed E-state index contributed by atoms with van der Waals surface area (Å²) in [6.07, 6.45) is 3.48. The Hall–Kier alpha value is -3.39. The van der Waals surface area contributed by atoms with E-state index < -0.39 is 17.7 Å². The number of likely N-dealkylation sites (tertiary alicyclic amines) is 1. The molecule has 1 aliphatic heterocycles. The summed E-state index contributed by atoms with van der Waals surface area (Å²) < 4.78 is 10.1. The van der Waals surface area contributed by atoms with E-state index >= 15 is 0 Å². The lowest BCUT2D eigenvalue weighted by molar-refractivity contribution is -0.140. The number of methoxy groups -OCH3 is 2. The van der Waals surface area contributed by atoms with Crippen LogP contribution in [0.3, 0.4) is 0 Å². The van der Waals surface area contributed by atoms with Crippen molar-refractivity contribution in [3.63, 3.8) is 0 Å². The van der Waals surface area contributed by atoms with Crippen molar-refractivity contribution in [2.75, 3.05) is 27.4 Å². The van der Waals surface area contributed by atoms with E-state index in [4.69, 9.17) is 9.47 Å². The third-order valence-corrected chi connectivity index (χ3v) is 4.76. The van der Waals surface area contributed by atoms with Crippen LogP contribution in [-0.4, -0.2) is 59.2 Å². The molecule has 0 bridgehead atoms. The molecule has 152 valence electrons. The highest BCUT2D eigenvalue weighted by Crippen LogP contribution is 2.41. The van der Waals surface area contributed by atoms with Gasteiger partial charge in [-0.2, -0.15) is 0 Å². The highest BCUT2D eigenvalue weighted by molar-refractivity contribution is 6.46. The smallest absolute Gasteiger partial charge is 0.295 e. The van der Waals surface area contributed by atoms with E-state index in [0.717, 1.165) is 0 Å². The fraction of sp³-hybridized carbons (Fsp3) is 0.286. The van der Waals surface area contributed by atoms with Gasteiger partial charge in [0.25, 0.3) is 11.7 Å². The van der Waals surface area contributed by atoms with Crippen molar-refractivity contribution in [1.29, 1.82) is 0 Å². The van der Waals surface area contributed by atoms with E-state index in [9.17, 15) is 19.8 Å². The number of hydrogen-bond acceptors (Lipinski definition) is 7.